The monoisotopic (exact) mass is 283 g/mol. The van der Waals surface area contributed by atoms with E-state index in [-0.39, 0.29) is 6.04 Å². The third-order valence-corrected chi connectivity index (χ3v) is 3.61. The highest BCUT2D eigenvalue weighted by Crippen LogP contribution is 2.19. The first-order valence-corrected chi connectivity index (χ1v) is 7.00. The van der Waals surface area contributed by atoms with Crippen LogP contribution in [0.2, 0.25) is 0 Å². The van der Waals surface area contributed by atoms with Gasteiger partial charge in [-0.25, -0.2) is 0 Å². The summed E-state index contributed by atoms with van der Waals surface area (Å²) in [7, 11) is 0. The van der Waals surface area contributed by atoms with Gasteiger partial charge in [0.2, 0.25) is 11.8 Å². The fourth-order valence-corrected chi connectivity index (χ4v) is 2.37. The van der Waals surface area contributed by atoms with Gasteiger partial charge in [-0.2, -0.15) is 5.26 Å². The molecule has 1 saturated heterocycles. The van der Waals surface area contributed by atoms with Crippen LogP contribution in [0.4, 0.5) is 0 Å². The summed E-state index contributed by atoms with van der Waals surface area (Å²) in [4.78, 5) is 2.06. The molecule has 6 nitrogen and oxygen atoms in total. The Morgan fingerprint density at radius 1 is 1.38 bits per heavy atom. The Balaban J connectivity index is 1.73. The van der Waals surface area contributed by atoms with E-state index in [9.17, 15) is 0 Å². The van der Waals surface area contributed by atoms with Gasteiger partial charge in [-0.1, -0.05) is 17.7 Å². The Morgan fingerprint density at radius 3 is 2.95 bits per heavy atom. The Morgan fingerprint density at radius 2 is 2.19 bits per heavy atom. The predicted octanol–water partition coefficient (Wildman–Crippen LogP) is 1.34. The topological polar surface area (TPSA) is 78.0 Å². The number of nitrogens with zero attached hydrogens (tertiary/aromatic N) is 4. The van der Waals surface area contributed by atoms with Gasteiger partial charge in [0.1, 0.15) is 6.04 Å². The van der Waals surface area contributed by atoms with Gasteiger partial charge in [0.25, 0.3) is 0 Å². The van der Waals surface area contributed by atoms with Crippen molar-refractivity contribution in [1.29, 1.82) is 5.26 Å². The molecule has 0 saturated carbocycles. The fourth-order valence-electron chi connectivity index (χ4n) is 2.37. The van der Waals surface area contributed by atoms with Gasteiger partial charge in [-0.3, -0.25) is 4.90 Å². The lowest BCUT2D eigenvalue weighted by molar-refractivity contribution is 0.173. The lowest BCUT2D eigenvalue weighted by Gasteiger charge is -2.30. The van der Waals surface area contributed by atoms with Crippen molar-refractivity contribution in [1.82, 2.24) is 20.4 Å². The Labute approximate surface area is 123 Å². The highest BCUT2D eigenvalue weighted by Gasteiger charge is 2.23. The summed E-state index contributed by atoms with van der Waals surface area (Å²) in [6, 6.07) is 10.1. The number of hydrogen-bond donors (Lipinski definition) is 1. The summed E-state index contributed by atoms with van der Waals surface area (Å²) >= 11 is 0. The maximum atomic E-state index is 9.15. The molecular formula is C15H17N5O. The third kappa shape index (κ3) is 3.10. The average Bonchev–Trinajstić information content (AvgIpc) is 2.97. The average molecular weight is 283 g/mol. The van der Waals surface area contributed by atoms with Crippen molar-refractivity contribution in [2.75, 3.05) is 19.6 Å². The van der Waals surface area contributed by atoms with E-state index in [1.807, 2.05) is 31.2 Å². The molecule has 1 N–H and O–H groups in total. The highest BCUT2D eigenvalue weighted by molar-refractivity contribution is 5.52. The summed E-state index contributed by atoms with van der Waals surface area (Å²) in [5, 5.41) is 20.5. The minimum Gasteiger partial charge on any atom is -0.419 e. The molecule has 1 aliphatic heterocycles. The van der Waals surface area contributed by atoms with Crippen LogP contribution < -0.4 is 5.32 Å². The summed E-state index contributed by atoms with van der Waals surface area (Å²) in [5.74, 6) is 1.07. The molecule has 3 rings (SSSR count). The zero-order chi connectivity index (χ0) is 14.7. The number of hydrogen-bond acceptors (Lipinski definition) is 6. The maximum absolute atomic E-state index is 9.15. The van der Waals surface area contributed by atoms with E-state index in [4.69, 9.17) is 9.68 Å². The lowest BCUT2D eigenvalue weighted by Crippen LogP contribution is -2.50. The van der Waals surface area contributed by atoms with Crippen LogP contribution in [0.25, 0.3) is 11.5 Å². The van der Waals surface area contributed by atoms with Gasteiger partial charge in [0.05, 0.1) is 12.6 Å². The second-order valence-corrected chi connectivity index (χ2v) is 5.19. The zero-order valence-electron chi connectivity index (χ0n) is 11.9. The highest BCUT2D eigenvalue weighted by atomic mass is 16.4. The molecule has 0 aliphatic carbocycles. The van der Waals surface area contributed by atoms with Gasteiger partial charge in [0.15, 0.2) is 0 Å². The number of nitriles is 1. The number of nitrogens with one attached hydrogen (secondary N) is 1. The minimum atomic E-state index is -0.145. The Bertz CT molecular complexity index is 643. The second kappa shape index (κ2) is 6.04. The maximum Gasteiger partial charge on any atom is 0.247 e. The SMILES string of the molecule is Cc1ccc(-c2nnc(CN3CCNCC3C#N)o2)cc1. The molecule has 1 fully saturated rings. The minimum absolute atomic E-state index is 0.145. The van der Waals surface area contributed by atoms with Gasteiger partial charge in [-0.05, 0) is 19.1 Å². The first-order valence-electron chi connectivity index (χ1n) is 7.00. The molecule has 0 amide bonds. The van der Waals surface area contributed by atoms with E-state index in [0.717, 1.165) is 18.7 Å². The van der Waals surface area contributed by atoms with Crippen LogP contribution in [-0.4, -0.2) is 40.8 Å². The van der Waals surface area contributed by atoms with Gasteiger partial charge in [-0.15, -0.1) is 10.2 Å². The summed E-state index contributed by atoms with van der Waals surface area (Å²) < 4.78 is 5.71. The Kier molecular flexibility index (Phi) is 3.95. The van der Waals surface area contributed by atoms with Crippen LogP contribution in [0.3, 0.4) is 0 Å². The van der Waals surface area contributed by atoms with Crippen molar-refractivity contribution < 1.29 is 4.42 Å². The molecule has 2 aromatic rings. The number of benzene rings is 1. The number of piperazine rings is 1. The summed E-state index contributed by atoms with van der Waals surface area (Å²) in [6.07, 6.45) is 0. The van der Waals surface area contributed by atoms with E-state index in [2.05, 4.69) is 26.5 Å². The van der Waals surface area contributed by atoms with E-state index in [1.54, 1.807) is 0 Å². The van der Waals surface area contributed by atoms with Crippen LogP contribution in [0, 0.1) is 18.3 Å². The van der Waals surface area contributed by atoms with E-state index < -0.39 is 0 Å². The molecule has 1 aromatic heterocycles. The van der Waals surface area contributed by atoms with Crippen LogP contribution in [-0.2, 0) is 6.54 Å². The van der Waals surface area contributed by atoms with Gasteiger partial charge in [0, 0.05) is 25.2 Å². The molecule has 108 valence electrons. The summed E-state index contributed by atoms with van der Waals surface area (Å²) in [5.41, 5.74) is 2.10. The Hall–Kier alpha value is -2.23. The third-order valence-electron chi connectivity index (χ3n) is 3.61. The molecule has 6 heteroatoms. The predicted molar refractivity (Wildman–Crippen MR) is 77.2 cm³/mol. The molecule has 0 spiro atoms. The van der Waals surface area contributed by atoms with Crippen molar-refractivity contribution in [2.45, 2.75) is 19.5 Å². The molecule has 1 aliphatic rings. The van der Waals surface area contributed by atoms with E-state index >= 15 is 0 Å². The standard InChI is InChI=1S/C15H17N5O/c1-11-2-4-12(5-3-11)15-19-18-14(21-15)10-20-7-6-17-9-13(20)8-16/h2-5,13,17H,6-7,9-10H2,1H3. The molecule has 0 bridgehead atoms. The fraction of sp³-hybridized carbons (Fsp3) is 0.400. The summed E-state index contributed by atoms with van der Waals surface area (Å²) in [6.45, 7) is 4.90. The smallest absolute Gasteiger partial charge is 0.247 e. The molecular weight excluding hydrogens is 266 g/mol. The van der Waals surface area contributed by atoms with Crippen LogP contribution in [0.15, 0.2) is 28.7 Å². The van der Waals surface area contributed by atoms with E-state index in [0.29, 0.717) is 24.9 Å². The number of aryl methyl sites for hydroxylation is 1. The molecule has 21 heavy (non-hydrogen) atoms. The second-order valence-electron chi connectivity index (χ2n) is 5.19. The largest absolute Gasteiger partial charge is 0.419 e. The van der Waals surface area contributed by atoms with Gasteiger partial charge < -0.3 is 9.73 Å². The molecule has 1 unspecified atom stereocenters. The first-order chi connectivity index (χ1) is 10.3. The first kappa shape index (κ1) is 13.7. The van der Waals surface area contributed by atoms with Crippen molar-refractivity contribution in [2.24, 2.45) is 0 Å². The number of rotatable bonds is 3. The molecule has 1 atom stereocenters. The van der Waals surface area contributed by atoms with Crippen LogP contribution >= 0.6 is 0 Å². The quantitative estimate of drug-likeness (QED) is 0.916. The lowest BCUT2D eigenvalue weighted by atomic mass is 10.1. The van der Waals surface area contributed by atoms with Crippen LogP contribution in [0.1, 0.15) is 11.5 Å². The van der Waals surface area contributed by atoms with Crippen molar-refractivity contribution in [3.63, 3.8) is 0 Å². The zero-order valence-corrected chi connectivity index (χ0v) is 11.9. The van der Waals surface area contributed by atoms with Crippen molar-refractivity contribution >= 4 is 0 Å². The molecule has 0 radical (unpaired) electrons. The van der Waals surface area contributed by atoms with Gasteiger partial charge >= 0.3 is 0 Å². The molecule has 2 heterocycles. The number of aromatic nitrogens is 2. The van der Waals surface area contributed by atoms with Crippen LogP contribution in [0.5, 0.6) is 0 Å². The van der Waals surface area contributed by atoms with Crippen molar-refractivity contribution in [3.8, 4) is 17.5 Å². The molecule has 1 aromatic carbocycles. The normalized spacial score (nSPS) is 19.3. The van der Waals surface area contributed by atoms with E-state index in [1.165, 1.54) is 5.56 Å². The van der Waals surface area contributed by atoms with Crippen molar-refractivity contribution in [3.05, 3.63) is 35.7 Å².